The molecule has 0 spiro atoms. The summed E-state index contributed by atoms with van der Waals surface area (Å²) in [4.78, 5) is 46.2. The quantitative estimate of drug-likeness (QED) is 0.449. The molecule has 2 atom stereocenters. The average Bonchev–Trinajstić information content (AvgIpc) is 3.46. The molecule has 0 radical (unpaired) electrons. The Hall–Kier alpha value is -3.17. The first kappa shape index (κ1) is 20.7. The number of ketones is 1. The number of nitrogens with zero attached hydrogens (tertiary/aromatic N) is 4. The fourth-order valence-corrected chi connectivity index (χ4v) is 5.66. The van der Waals surface area contributed by atoms with Crippen LogP contribution in [0.3, 0.4) is 0 Å². The molecule has 2 aromatic heterocycles. The van der Waals surface area contributed by atoms with Crippen molar-refractivity contribution >= 4 is 40.9 Å². The second kappa shape index (κ2) is 8.76. The number of fused-ring (bicyclic) bond motifs is 1. The van der Waals surface area contributed by atoms with Crippen LogP contribution >= 0.6 is 11.8 Å². The van der Waals surface area contributed by atoms with Gasteiger partial charge in [0, 0.05) is 53.9 Å². The summed E-state index contributed by atoms with van der Waals surface area (Å²) in [5, 5.41) is 0.443. The van der Waals surface area contributed by atoms with Gasteiger partial charge in [-0.05, 0) is 12.1 Å². The number of benzene rings is 1. The normalized spacial score (nSPS) is 21.1. The van der Waals surface area contributed by atoms with Crippen LogP contribution in [0.4, 0.5) is 4.79 Å². The molecule has 2 unspecified atom stereocenters. The Labute approximate surface area is 189 Å². The van der Waals surface area contributed by atoms with Gasteiger partial charge in [-0.2, -0.15) is 0 Å². The van der Waals surface area contributed by atoms with Gasteiger partial charge in [-0.25, -0.2) is 4.79 Å². The highest BCUT2D eigenvalue weighted by Crippen LogP contribution is 2.41. The van der Waals surface area contributed by atoms with Crippen LogP contribution in [-0.2, 0) is 9.53 Å². The molecule has 32 heavy (non-hydrogen) atoms. The lowest BCUT2D eigenvalue weighted by molar-refractivity contribution is -0.119. The van der Waals surface area contributed by atoms with Crippen LogP contribution in [0, 0.1) is 0 Å². The number of carbonyl (C=O) groups excluding carboxylic acids is 3. The number of aromatic nitrogens is 2. The number of Topliss-reactive ketones (excluding diaryl/α,β-unsaturated/α-hetero) is 1. The summed E-state index contributed by atoms with van der Waals surface area (Å²) in [5.41, 5.74) is 2.01. The summed E-state index contributed by atoms with van der Waals surface area (Å²) < 4.78 is 6.89. The monoisotopic (exact) mass is 450 g/mol. The minimum Gasteiger partial charge on any atom is -0.378 e. The highest BCUT2D eigenvalue weighted by molar-refractivity contribution is 7.99. The molecule has 0 saturated carbocycles. The molecule has 5 rings (SSSR count). The van der Waals surface area contributed by atoms with E-state index in [2.05, 4.69) is 4.98 Å². The maximum Gasteiger partial charge on any atom is 0.328 e. The molecule has 164 valence electrons. The summed E-state index contributed by atoms with van der Waals surface area (Å²) in [6.45, 7) is 2.03. The van der Waals surface area contributed by atoms with Crippen molar-refractivity contribution in [3.05, 3.63) is 66.1 Å². The zero-order valence-electron chi connectivity index (χ0n) is 17.3. The number of pyridine rings is 1. The molecule has 2 aliphatic rings. The molecule has 0 bridgehead atoms. The summed E-state index contributed by atoms with van der Waals surface area (Å²) in [7, 11) is 0. The summed E-state index contributed by atoms with van der Waals surface area (Å²) >= 11 is 1.54. The van der Waals surface area contributed by atoms with Crippen molar-refractivity contribution in [3.63, 3.8) is 0 Å². The third kappa shape index (κ3) is 3.57. The van der Waals surface area contributed by atoms with E-state index in [0.29, 0.717) is 48.5 Å². The molecule has 8 nitrogen and oxygen atoms in total. The van der Waals surface area contributed by atoms with Crippen LogP contribution < -0.4 is 0 Å². The number of para-hydroxylation sites is 1. The highest BCUT2D eigenvalue weighted by atomic mass is 32.2. The third-order valence-corrected chi connectivity index (χ3v) is 7.24. The second-order valence-corrected chi connectivity index (χ2v) is 8.83. The van der Waals surface area contributed by atoms with Crippen molar-refractivity contribution in [2.75, 3.05) is 32.1 Å². The molecule has 2 aliphatic heterocycles. The largest absolute Gasteiger partial charge is 0.378 e. The number of amides is 2. The van der Waals surface area contributed by atoms with E-state index in [4.69, 9.17) is 4.74 Å². The summed E-state index contributed by atoms with van der Waals surface area (Å²) in [5.74, 6) is 0.314. The minimum absolute atomic E-state index is 0.166. The Morgan fingerprint density at radius 1 is 1.12 bits per heavy atom. The topological polar surface area (TPSA) is 84.7 Å². The molecule has 9 heteroatoms. The highest BCUT2D eigenvalue weighted by Gasteiger charge is 2.40. The van der Waals surface area contributed by atoms with Gasteiger partial charge in [0.15, 0.2) is 5.78 Å². The summed E-state index contributed by atoms with van der Waals surface area (Å²) in [6, 6.07) is 10.3. The molecular formula is C23H22N4O4S. The maximum absolute atomic E-state index is 13.6. The van der Waals surface area contributed by atoms with Crippen molar-refractivity contribution in [2.24, 2.45) is 0 Å². The van der Waals surface area contributed by atoms with Gasteiger partial charge >= 0.3 is 6.03 Å². The Morgan fingerprint density at radius 3 is 2.69 bits per heavy atom. The van der Waals surface area contributed by atoms with Gasteiger partial charge in [-0.3, -0.25) is 19.1 Å². The van der Waals surface area contributed by atoms with E-state index in [0.717, 1.165) is 12.0 Å². The standard InChI is InChI=1S/C23H22N4O4S/c28-15-27-20(14-32-22(27)16-4-3-7-24-12-16)21(29)18-13-26(19-6-2-1-5-17(18)19)23(30)25-8-10-31-11-9-25/h1-7,12-13,15,20,22H,8-11,14H2. The molecule has 0 N–H and O–H groups in total. The van der Waals surface area contributed by atoms with Gasteiger partial charge in [0.1, 0.15) is 11.4 Å². The number of ether oxygens (including phenoxy) is 1. The number of morpholine rings is 1. The van der Waals surface area contributed by atoms with Gasteiger partial charge in [0.2, 0.25) is 6.41 Å². The first-order valence-corrected chi connectivity index (χ1v) is 11.5. The zero-order valence-corrected chi connectivity index (χ0v) is 18.1. The third-order valence-electron chi connectivity index (χ3n) is 5.90. The number of carbonyl (C=O) groups is 3. The predicted molar refractivity (Wildman–Crippen MR) is 121 cm³/mol. The van der Waals surface area contributed by atoms with Crippen molar-refractivity contribution < 1.29 is 19.1 Å². The Kier molecular flexibility index (Phi) is 5.67. The van der Waals surface area contributed by atoms with Crippen LogP contribution in [0.2, 0.25) is 0 Å². The van der Waals surface area contributed by atoms with Crippen molar-refractivity contribution in [1.82, 2.24) is 19.4 Å². The molecule has 2 fully saturated rings. The molecule has 1 aromatic carbocycles. The molecule has 2 amide bonds. The smallest absolute Gasteiger partial charge is 0.328 e. The van der Waals surface area contributed by atoms with Gasteiger partial charge in [-0.1, -0.05) is 24.3 Å². The zero-order chi connectivity index (χ0) is 22.1. The lowest BCUT2D eigenvalue weighted by Crippen LogP contribution is -2.42. The van der Waals surface area contributed by atoms with E-state index in [1.165, 1.54) is 11.8 Å². The Balaban J connectivity index is 1.49. The van der Waals surface area contributed by atoms with Crippen molar-refractivity contribution in [3.8, 4) is 0 Å². The van der Waals surface area contributed by atoms with Crippen LogP contribution in [0.5, 0.6) is 0 Å². The van der Waals surface area contributed by atoms with E-state index in [9.17, 15) is 14.4 Å². The van der Waals surface area contributed by atoms with Crippen molar-refractivity contribution in [1.29, 1.82) is 0 Å². The molecule has 3 aromatic rings. The van der Waals surface area contributed by atoms with E-state index < -0.39 is 6.04 Å². The lowest BCUT2D eigenvalue weighted by atomic mass is 10.0. The SMILES string of the molecule is O=CN1C(C(=O)c2cn(C(=O)N3CCOCC3)c3ccccc23)CSC1c1cccnc1. The Morgan fingerprint density at radius 2 is 1.94 bits per heavy atom. The van der Waals surface area contributed by atoms with Crippen molar-refractivity contribution in [2.45, 2.75) is 11.4 Å². The first-order valence-electron chi connectivity index (χ1n) is 10.4. The number of hydrogen-bond acceptors (Lipinski definition) is 6. The number of hydrogen-bond donors (Lipinski definition) is 0. The lowest BCUT2D eigenvalue weighted by Gasteiger charge is -2.27. The maximum atomic E-state index is 13.6. The second-order valence-electron chi connectivity index (χ2n) is 7.72. The fourth-order valence-electron chi connectivity index (χ4n) is 4.27. The molecular weight excluding hydrogens is 428 g/mol. The molecule has 4 heterocycles. The van der Waals surface area contributed by atoms with Gasteiger partial charge < -0.3 is 14.5 Å². The minimum atomic E-state index is -0.611. The number of rotatable bonds is 4. The van der Waals surface area contributed by atoms with Crippen LogP contribution in [0.1, 0.15) is 21.3 Å². The van der Waals surface area contributed by atoms with Crippen LogP contribution in [0.15, 0.2) is 55.0 Å². The van der Waals surface area contributed by atoms with Crippen LogP contribution in [0.25, 0.3) is 10.9 Å². The van der Waals surface area contributed by atoms with E-state index >= 15 is 0 Å². The van der Waals surface area contributed by atoms with Crippen LogP contribution in [-0.4, -0.2) is 75.7 Å². The van der Waals surface area contributed by atoms with E-state index in [1.54, 1.807) is 33.0 Å². The fraction of sp³-hybridized carbons (Fsp3) is 0.304. The molecule has 0 aliphatic carbocycles. The first-order chi connectivity index (χ1) is 15.7. The van der Waals surface area contributed by atoms with Gasteiger partial charge in [0.05, 0.1) is 18.7 Å². The number of thioether (sulfide) groups is 1. The van der Waals surface area contributed by atoms with Gasteiger partial charge in [-0.15, -0.1) is 11.8 Å². The predicted octanol–water partition coefficient (Wildman–Crippen LogP) is 2.79. The van der Waals surface area contributed by atoms with E-state index in [-0.39, 0.29) is 17.2 Å². The Bertz CT molecular complexity index is 1160. The van der Waals surface area contributed by atoms with Gasteiger partial charge in [0.25, 0.3) is 0 Å². The van der Waals surface area contributed by atoms with E-state index in [1.807, 2.05) is 36.4 Å². The average molecular weight is 451 g/mol. The summed E-state index contributed by atoms with van der Waals surface area (Å²) in [6.07, 6.45) is 5.75. The molecule has 2 saturated heterocycles.